The van der Waals surface area contributed by atoms with Crippen molar-refractivity contribution in [3.8, 4) is 0 Å². The molecule has 1 rings (SSSR count). The third-order valence-electron chi connectivity index (χ3n) is 5.28. The van der Waals surface area contributed by atoms with Gasteiger partial charge >= 0.3 is 5.97 Å². The molecule has 3 N–H and O–H groups in total. The van der Waals surface area contributed by atoms with E-state index >= 15 is 0 Å². The SMILES string of the molecule is C=C/C=C(OCC(C)/C=C/[C@H]1/C(=N\O)CC[C@@H]1C/C=C\CCCC(=O)OC)\C(F)=C/C.CN. The van der Waals surface area contributed by atoms with Crippen LogP contribution in [0.15, 0.2) is 65.9 Å². The van der Waals surface area contributed by atoms with Crippen LogP contribution in [0.3, 0.4) is 0 Å². The Bertz CT molecular complexity index is 726. The van der Waals surface area contributed by atoms with Crippen molar-refractivity contribution >= 4 is 11.7 Å². The minimum Gasteiger partial charge on any atom is -0.490 e. The first-order valence-electron chi connectivity index (χ1n) is 11.4. The van der Waals surface area contributed by atoms with Crippen molar-refractivity contribution in [1.29, 1.82) is 0 Å². The lowest BCUT2D eigenvalue weighted by molar-refractivity contribution is -0.140. The maximum Gasteiger partial charge on any atom is 0.305 e. The molecule has 0 aromatic carbocycles. The van der Waals surface area contributed by atoms with Crippen LogP contribution in [0.4, 0.5) is 4.39 Å². The fourth-order valence-corrected chi connectivity index (χ4v) is 3.49. The highest BCUT2D eigenvalue weighted by molar-refractivity contribution is 5.90. The molecule has 0 aliphatic heterocycles. The molecule has 0 radical (unpaired) electrons. The van der Waals surface area contributed by atoms with Gasteiger partial charge in [-0.25, -0.2) is 4.39 Å². The van der Waals surface area contributed by atoms with E-state index < -0.39 is 5.83 Å². The highest BCUT2D eigenvalue weighted by Gasteiger charge is 2.30. The van der Waals surface area contributed by atoms with E-state index in [2.05, 4.69) is 40.4 Å². The lowest BCUT2D eigenvalue weighted by Crippen LogP contribution is -2.13. The van der Waals surface area contributed by atoms with Crippen LogP contribution in [-0.4, -0.2) is 37.7 Å². The number of carbonyl (C=O) groups excluding carboxylic acids is 1. The van der Waals surface area contributed by atoms with Crippen LogP contribution in [0.25, 0.3) is 0 Å². The number of esters is 1. The number of methoxy groups -OCH3 is 1. The molecule has 0 aromatic rings. The summed E-state index contributed by atoms with van der Waals surface area (Å²) in [5, 5.41) is 12.9. The Labute approximate surface area is 198 Å². The number of allylic oxidation sites excluding steroid dienone is 7. The molecule has 1 fully saturated rings. The summed E-state index contributed by atoms with van der Waals surface area (Å²) in [6, 6.07) is 0. The van der Waals surface area contributed by atoms with Crippen molar-refractivity contribution in [2.24, 2.45) is 28.6 Å². The second-order valence-corrected chi connectivity index (χ2v) is 7.67. The Morgan fingerprint density at radius 3 is 2.73 bits per heavy atom. The first-order valence-corrected chi connectivity index (χ1v) is 11.4. The van der Waals surface area contributed by atoms with E-state index in [9.17, 15) is 14.4 Å². The molecule has 0 saturated heterocycles. The summed E-state index contributed by atoms with van der Waals surface area (Å²) in [4.78, 5) is 11.1. The number of halogens is 1. The number of nitrogens with zero attached hydrogens (tertiary/aromatic N) is 1. The number of carbonyl (C=O) groups is 1. The summed E-state index contributed by atoms with van der Waals surface area (Å²) in [7, 11) is 2.90. The standard InChI is InChI=1S/C25H36FNO4.CH5N/c1-5-11-24(22(26)6-2)31-18-19(3)14-16-21-20(15-17-23(21)27-29)12-9-7-8-10-13-25(28)30-4;1-2/h5-7,9,11,14,16,19-21,29H,1,8,10,12-13,15,17-18H2,2-4H3;2H2,1H3/b9-7-,16-14+,22-6+,24-11+,27-23-;/t19?,20-,21+;/m0./s1. The molecule has 6 nitrogen and oxygen atoms in total. The molecule has 0 aromatic heterocycles. The zero-order valence-electron chi connectivity index (χ0n) is 20.5. The number of oxime groups is 1. The van der Waals surface area contributed by atoms with Gasteiger partial charge in [0.2, 0.25) is 0 Å². The average molecular weight is 465 g/mol. The van der Waals surface area contributed by atoms with Crippen molar-refractivity contribution in [3.63, 3.8) is 0 Å². The molecule has 0 amide bonds. The van der Waals surface area contributed by atoms with Gasteiger partial charge < -0.3 is 20.4 Å². The van der Waals surface area contributed by atoms with E-state index in [-0.39, 0.29) is 23.6 Å². The monoisotopic (exact) mass is 464 g/mol. The molecule has 1 aliphatic rings. The van der Waals surface area contributed by atoms with Crippen molar-refractivity contribution in [1.82, 2.24) is 0 Å². The van der Waals surface area contributed by atoms with Crippen LogP contribution in [0.5, 0.6) is 0 Å². The minimum absolute atomic E-state index is 0.0629. The Morgan fingerprint density at radius 1 is 1.39 bits per heavy atom. The van der Waals surface area contributed by atoms with Crippen LogP contribution in [-0.2, 0) is 14.3 Å². The van der Waals surface area contributed by atoms with E-state index in [0.29, 0.717) is 18.9 Å². The van der Waals surface area contributed by atoms with Gasteiger partial charge in [0.15, 0.2) is 11.6 Å². The third-order valence-corrected chi connectivity index (χ3v) is 5.28. The van der Waals surface area contributed by atoms with E-state index in [4.69, 9.17) is 4.74 Å². The van der Waals surface area contributed by atoms with Crippen LogP contribution in [0.1, 0.15) is 52.4 Å². The summed E-state index contributed by atoms with van der Waals surface area (Å²) in [5.41, 5.74) is 5.29. The topological polar surface area (TPSA) is 94.1 Å². The quantitative estimate of drug-likeness (QED) is 0.0677. The zero-order valence-corrected chi connectivity index (χ0v) is 20.5. The lowest BCUT2D eigenvalue weighted by Gasteiger charge is -2.16. The normalized spacial score (nSPS) is 21.2. The summed E-state index contributed by atoms with van der Waals surface area (Å²) >= 11 is 0. The van der Waals surface area contributed by atoms with Gasteiger partial charge in [0.1, 0.15) is 0 Å². The molecule has 1 saturated carbocycles. The third kappa shape index (κ3) is 12.2. The molecule has 33 heavy (non-hydrogen) atoms. The van der Waals surface area contributed by atoms with Gasteiger partial charge in [0, 0.05) is 18.3 Å². The highest BCUT2D eigenvalue weighted by atomic mass is 19.1. The first kappa shape index (κ1) is 30.3. The number of nitrogens with two attached hydrogens (primary N) is 1. The molecule has 0 heterocycles. The van der Waals surface area contributed by atoms with Gasteiger partial charge in [-0.15, -0.1) is 0 Å². The minimum atomic E-state index is -0.417. The second kappa shape index (κ2) is 18.9. The van der Waals surface area contributed by atoms with Crippen LogP contribution < -0.4 is 5.73 Å². The van der Waals surface area contributed by atoms with Gasteiger partial charge in [-0.3, -0.25) is 4.79 Å². The van der Waals surface area contributed by atoms with Crippen LogP contribution in [0, 0.1) is 17.8 Å². The predicted octanol–water partition coefficient (Wildman–Crippen LogP) is 5.86. The molecule has 7 heteroatoms. The molecule has 0 spiro atoms. The molecular formula is C26H41FN2O4. The van der Waals surface area contributed by atoms with E-state index in [0.717, 1.165) is 37.8 Å². The van der Waals surface area contributed by atoms with Gasteiger partial charge in [0.05, 0.1) is 19.4 Å². The first-order chi connectivity index (χ1) is 16.0. The van der Waals surface area contributed by atoms with Crippen LogP contribution >= 0.6 is 0 Å². The smallest absolute Gasteiger partial charge is 0.305 e. The Morgan fingerprint density at radius 2 is 2.12 bits per heavy atom. The van der Waals surface area contributed by atoms with Gasteiger partial charge in [-0.05, 0) is 64.1 Å². The lowest BCUT2D eigenvalue weighted by atomic mass is 9.90. The zero-order chi connectivity index (χ0) is 25.1. The van der Waals surface area contributed by atoms with Crippen LogP contribution in [0.2, 0.25) is 0 Å². The number of hydrogen-bond donors (Lipinski definition) is 2. The maximum absolute atomic E-state index is 13.8. The maximum atomic E-state index is 13.8. The Hall–Kier alpha value is -2.67. The average Bonchev–Trinajstić information content (AvgIpc) is 3.24. The summed E-state index contributed by atoms with van der Waals surface area (Å²) in [5.74, 6) is 0.0719. The number of unbranched alkanes of at least 4 members (excludes halogenated alkanes) is 1. The fraction of sp³-hybridized carbons (Fsp3) is 0.538. The van der Waals surface area contributed by atoms with Gasteiger partial charge in [0.25, 0.3) is 0 Å². The number of rotatable bonds is 13. The Balaban J connectivity index is 0.00000497. The van der Waals surface area contributed by atoms with Crippen molar-refractivity contribution in [3.05, 3.63) is 60.7 Å². The van der Waals surface area contributed by atoms with Gasteiger partial charge in [-0.2, -0.15) is 0 Å². The van der Waals surface area contributed by atoms with Crippen molar-refractivity contribution in [2.45, 2.75) is 52.4 Å². The fourth-order valence-electron chi connectivity index (χ4n) is 3.49. The molecule has 3 atom stereocenters. The van der Waals surface area contributed by atoms with E-state index in [1.165, 1.54) is 32.4 Å². The van der Waals surface area contributed by atoms with E-state index in [1.54, 1.807) is 6.92 Å². The predicted molar refractivity (Wildman–Crippen MR) is 133 cm³/mol. The second-order valence-electron chi connectivity index (χ2n) is 7.67. The summed E-state index contributed by atoms with van der Waals surface area (Å²) < 4.78 is 24.0. The Kier molecular flexibility index (Phi) is 17.3. The summed E-state index contributed by atoms with van der Waals surface area (Å²) in [6.45, 7) is 7.53. The molecule has 186 valence electrons. The highest BCUT2D eigenvalue weighted by Crippen LogP contribution is 2.34. The summed E-state index contributed by atoms with van der Waals surface area (Å²) in [6.07, 6.45) is 17.4. The van der Waals surface area contributed by atoms with Crippen molar-refractivity contribution in [2.75, 3.05) is 20.8 Å². The molecule has 0 bridgehead atoms. The number of ether oxygens (including phenoxy) is 2. The van der Waals surface area contributed by atoms with E-state index in [1.807, 2.05) is 13.0 Å². The molecular weight excluding hydrogens is 423 g/mol. The number of hydrogen-bond acceptors (Lipinski definition) is 6. The molecule has 1 aliphatic carbocycles. The van der Waals surface area contributed by atoms with Crippen molar-refractivity contribution < 1.29 is 23.9 Å². The van der Waals surface area contributed by atoms with Gasteiger partial charge in [-0.1, -0.05) is 49.0 Å². The largest absolute Gasteiger partial charge is 0.490 e. The molecule has 1 unspecified atom stereocenters.